The number of rotatable bonds is 2. The van der Waals surface area contributed by atoms with Crippen LogP contribution in [0.1, 0.15) is 17.3 Å². The summed E-state index contributed by atoms with van der Waals surface area (Å²) in [4.78, 5) is 13.5. The van der Waals surface area contributed by atoms with E-state index in [1.54, 1.807) is 13.0 Å². The molecule has 0 amide bonds. The van der Waals surface area contributed by atoms with Crippen LogP contribution in [-0.4, -0.2) is 32.0 Å². The van der Waals surface area contributed by atoms with E-state index in [9.17, 15) is 4.79 Å². The van der Waals surface area contributed by atoms with Gasteiger partial charge in [-0.25, -0.2) is 0 Å². The van der Waals surface area contributed by atoms with Gasteiger partial charge in [0.15, 0.2) is 5.78 Å². The van der Waals surface area contributed by atoms with E-state index in [1.165, 1.54) is 0 Å². The summed E-state index contributed by atoms with van der Waals surface area (Å²) in [5.41, 5.74) is 8.38. The summed E-state index contributed by atoms with van der Waals surface area (Å²) in [6, 6.07) is 5.55. The molecule has 0 bridgehead atoms. The van der Waals surface area contributed by atoms with Crippen molar-refractivity contribution in [1.29, 1.82) is 0 Å². The van der Waals surface area contributed by atoms with Crippen LogP contribution >= 0.6 is 0 Å². The van der Waals surface area contributed by atoms with Gasteiger partial charge in [-0.15, -0.1) is 0 Å². The van der Waals surface area contributed by atoms with Crippen molar-refractivity contribution in [2.45, 2.75) is 6.92 Å². The quantitative estimate of drug-likeness (QED) is 0.572. The molecule has 0 atom stereocenters. The van der Waals surface area contributed by atoms with Crippen LogP contribution in [0.3, 0.4) is 0 Å². The third-order valence-corrected chi connectivity index (χ3v) is 2.89. The average Bonchev–Trinajstić information content (AvgIpc) is 2.30. The second-order valence-electron chi connectivity index (χ2n) is 4.07. The van der Waals surface area contributed by atoms with Gasteiger partial charge in [-0.1, -0.05) is 0 Å². The predicted octanol–water partition coefficient (Wildman–Crippen LogP) is 0.881. The van der Waals surface area contributed by atoms with Crippen molar-refractivity contribution in [3.63, 3.8) is 0 Å². The fourth-order valence-electron chi connectivity index (χ4n) is 1.97. The molecule has 1 aromatic carbocycles. The number of Topliss-reactive ketones (excluding diaryl/α,β-unsaturated/α-hetero) is 1. The zero-order valence-corrected chi connectivity index (χ0v) is 9.49. The molecule has 0 saturated carbocycles. The molecule has 1 aliphatic heterocycles. The molecule has 1 aromatic rings. The first kappa shape index (κ1) is 11.0. The molecule has 2 rings (SSSR count). The first-order chi connectivity index (χ1) is 7.68. The zero-order valence-electron chi connectivity index (χ0n) is 9.49. The molecular weight excluding hydrogens is 202 g/mol. The average molecular weight is 219 g/mol. The molecule has 0 unspecified atom stereocenters. The van der Waals surface area contributed by atoms with E-state index in [2.05, 4.69) is 10.2 Å². The minimum absolute atomic E-state index is 0.0542. The Kier molecular flexibility index (Phi) is 3.10. The molecule has 16 heavy (non-hydrogen) atoms. The maximum Gasteiger partial charge on any atom is 0.159 e. The highest BCUT2D eigenvalue weighted by atomic mass is 16.1. The van der Waals surface area contributed by atoms with Crippen molar-refractivity contribution in [1.82, 2.24) is 5.32 Å². The summed E-state index contributed by atoms with van der Waals surface area (Å²) < 4.78 is 0. The summed E-state index contributed by atoms with van der Waals surface area (Å²) in [6.07, 6.45) is 0. The normalized spacial score (nSPS) is 16.2. The van der Waals surface area contributed by atoms with Gasteiger partial charge >= 0.3 is 0 Å². The van der Waals surface area contributed by atoms with Gasteiger partial charge < -0.3 is 16.0 Å². The van der Waals surface area contributed by atoms with Crippen molar-refractivity contribution in [2.75, 3.05) is 36.8 Å². The fraction of sp³-hybridized carbons (Fsp3) is 0.417. The molecule has 1 fully saturated rings. The Hall–Kier alpha value is -1.55. The number of ketones is 1. The summed E-state index contributed by atoms with van der Waals surface area (Å²) in [6.45, 7) is 5.44. The van der Waals surface area contributed by atoms with Crippen LogP contribution in [-0.2, 0) is 0 Å². The van der Waals surface area contributed by atoms with Crippen LogP contribution in [0.15, 0.2) is 18.2 Å². The van der Waals surface area contributed by atoms with Crippen molar-refractivity contribution >= 4 is 17.2 Å². The van der Waals surface area contributed by atoms with Crippen molar-refractivity contribution in [3.05, 3.63) is 23.8 Å². The third kappa shape index (κ3) is 2.17. The second-order valence-corrected chi connectivity index (χ2v) is 4.07. The first-order valence-electron chi connectivity index (χ1n) is 5.54. The monoisotopic (exact) mass is 219 g/mol. The highest BCUT2D eigenvalue weighted by molar-refractivity contribution is 5.96. The molecule has 1 heterocycles. The standard InChI is InChI=1S/C12H17N3O/c1-9(16)10-2-3-12(11(13)8-10)15-6-4-14-5-7-15/h2-3,8,14H,4-7,13H2,1H3. The number of benzene rings is 1. The summed E-state index contributed by atoms with van der Waals surface area (Å²) in [5.74, 6) is 0.0542. The lowest BCUT2D eigenvalue weighted by atomic mass is 10.1. The van der Waals surface area contributed by atoms with E-state index >= 15 is 0 Å². The smallest absolute Gasteiger partial charge is 0.159 e. The van der Waals surface area contributed by atoms with Crippen LogP contribution in [0.4, 0.5) is 11.4 Å². The van der Waals surface area contributed by atoms with E-state index in [0.717, 1.165) is 31.9 Å². The number of carbonyl (C=O) groups excluding carboxylic acids is 1. The Balaban J connectivity index is 2.24. The Labute approximate surface area is 95.4 Å². The van der Waals surface area contributed by atoms with E-state index in [4.69, 9.17) is 5.73 Å². The Morgan fingerprint density at radius 1 is 1.38 bits per heavy atom. The van der Waals surface area contributed by atoms with Crippen molar-refractivity contribution in [2.24, 2.45) is 0 Å². The number of nitrogens with two attached hydrogens (primary N) is 1. The topological polar surface area (TPSA) is 58.4 Å². The second kappa shape index (κ2) is 4.53. The van der Waals surface area contributed by atoms with Crippen LogP contribution in [0, 0.1) is 0 Å². The molecule has 1 aliphatic rings. The first-order valence-corrected chi connectivity index (χ1v) is 5.54. The minimum Gasteiger partial charge on any atom is -0.397 e. The van der Waals surface area contributed by atoms with Crippen molar-refractivity contribution < 1.29 is 4.79 Å². The Morgan fingerprint density at radius 2 is 2.06 bits per heavy atom. The number of nitrogens with one attached hydrogen (secondary N) is 1. The minimum atomic E-state index is 0.0542. The Bertz CT molecular complexity index is 397. The van der Waals surface area contributed by atoms with E-state index in [-0.39, 0.29) is 5.78 Å². The zero-order chi connectivity index (χ0) is 11.5. The molecule has 4 nitrogen and oxygen atoms in total. The summed E-state index contributed by atoms with van der Waals surface area (Å²) in [5, 5.41) is 3.30. The number of piperazine rings is 1. The largest absolute Gasteiger partial charge is 0.397 e. The molecule has 3 N–H and O–H groups in total. The lowest BCUT2D eigenvalue weighted by molar-refractivity contribution is 0.101. The highest BCUT2D eigenvalue weighted by Gasteiger charge is 2.13. The van der Waals surface area contributed by atoms with E-state index < -0.39 is 0 Å². The van der Waals surface area contributed by atoms with Crippen molar-refractivity contribution in [3.8, 4) is 0 Å². The van der Waals surface area contributed by atoms with Crippen LogP contribution in [0.2, 0.25) is 0 Å². The summed E-state index contributed by atoms with van der Waals surface area (Å²) in [7, 11) is 0. The SMILES string of the molecule is CC(=O)c1ccc(N2CCNCC2)c(N)c1. The molecule has 1 saturated heterocycles. The molecule has 0 spiro atoms. The lowest BCUT2D eigenvalue weighted by Gasteiger charge is -2.30. The molecule has 0 radical (unpaired) electrons. The van der Waals surface area contributed by atoms with E-state index in [0.29, 0.717) is 11.3 Å². The lowest BCUT2D eigenvalue weighted by Crippen LogP contribution is -2.43. The van der Waals surface area contributed by atoms with Gasteiger partial charge in [0.05, 0.1) is 11.4 Å². The van der Waals surface area contributed by atoms with Gasteiger partial charge in [0.1, 0.15) is 0 Å². The number of carbonyl (C=O) groups is 1. The van der Waals surface area contributed by atoms with Gasteiger partial charge in [0.2, 0.25) is 0 Å². The van der Waals surface area contributed by atoms with Crippen LogP contribution < -0.4 is 16.0 Å². The number of anilines is 2. The maximum atomic E-state index is 11.2. The fourth-order valence-corrected chi connectivity index (χ4v) is 1.97. The summed E-state index contributed by atoms with van der Waals surface area (Å²) >= 11 is 0. The Morgan fingerprint density at radius 3 is 2.62 bits per heavy atom. The van der Waals surface area contributed by atoms with Gasteiger partial charge in [0, 0.05) is 31.7 Å². The van der Waals surface area contributed by atoms with Crippen LogP contribution in [0.5, 0.6) is 0 Å². The number of hydrogen-bond donors (Lipinski definition) is 2. The third-order valence-electron chi connectivity index (χ3n) is 2.89. The highest BCUT2D eigenvalue weighted by Crippen LogP contribution is 2.24. The number of nitrogen functional groups attached to an aromatic ring is 1. The number of nitrogens with zero attached hydrogens (tertiary/aromatic N) is 1. The van der Waals surface area contributed by atoms with Gasteiger partial charge in [0.25, 0.3) is 0 Å². The predicted molar refractivity (Wildman–Crippen MR) is 65.9 cm³/mol. The molecule has 86 valence electrons. The molecule has 0 aromatic heterocycles. The van der Waals surface area contributed by atoms with E-state index in [1.807, 2.05) is 12.1 Å². The van der Waals surface area contributed by atoms with Gasteiger partial charge in [-0.2, -0.15) is 0 Å². The van der Waals surface area contributed by atoms with Crippen LogP contribution in [0.25, 0.3) is 0 Å². The maximum absolute atomic E-state index is 11.2. The molecule has 0 aliphatic carbocycles. The van der Waals surface area contributed by atoms with Gasteiger partial charge in [-0.05, 0) is 25.1 Å². The molecule has 4 heteroatoms. The molecular formula is C12H17N3O. The van der Waals surface area contributed by atoms with Gasteiger partial charge in [-0.3, -0.25) is 4.79 Å². The number of hydrogen-bond acceptors (Lipinski definition) is 4.